The maximum Gasteiger partial charge on any atom is 0.320 e. The lowest BCUT2D eigenvalue weighted by atomic mass is 10.1. The zero-order valence-electron chi connectivity index (χ0n) is 9.08. The van der Waals surface area contributed by atoms with Gasteiger partial charge in [0, 0.05) is 19.1 Å². The molecule has 0 unspecified atom stereocenters. The van der Waals surface area contributed by atoms with Gasteiger partial charge in [-0.2, -0.15) is 0 Å². The number of nitrogens with one attached hydrogen (secondary N) is 1. The molecule has 0 spiro atoms. The van der Waals surface area contributed by atoms with Gasteiger partial charge in [-0.25, -0.2) is 0 Å². The Bertz CT molecular complexity index is 177. The minimum absolute atomic E-state index is 0.101. The highest BCUT2D eigenvalue weighted by atomic mass is 16.5. The van der Waals surface area contributed by atoms with E-state index in [1.54, 1.807) is 0 Å². The molecule has 1 rings (SSSR count). The summed E-state index contributed by atoms with van der Waals surface area (Å²) in [6, 6.07) is 0.619. The number of likely N-dealkylation sites (tertiary alicyclic amines) is 1. The van der Waals surface area contributed by atoms with Crippen LogP contribution in [0.15, 0.2) is 0 Å². The largest absolute Gasteiger partial charge is 0.465 e. The van der Waals surface area contributed by atoms with Crippen molar-refractivity contribution < 1.29 is 9.53 Å². The van der Waals surface area contributed by atoms with Gasteiger partial charge in [-0.05, 0) is 26.8 Å². The molecule has 0 aromatic heterocycles. The van der Waals surface area contributed by atoms with Gasteiger partial charge in [0.1, 0.15) is 0 Å². The van der Waals surface area contributed by atoms with Crippen molar-refractivity contribution in [2.75, 3.05) is 33.3 Å². The molecule has 0 radical (unpaired) electrons. The van der Waals surface area contributed by atoms with Crippen LogP contribution >= 0.6 is 0 Å². The normalized spacial score (nSPS) is 19.6. The van der Waals surface area contributed by atoms with Crippen LogP contribution in [0.5, 0.6) is 0 Å². The van der Waals surface area contributed by atoms with Gasteiger partial charge in [0.2, 0.25) is 0 Å². The number of piperidine rings is 1. The van der Waals surface area contributed by atoms with E-state index in [9.17, 15) is 4.79 Å². The Balaban J connectivity index is 2.18. The minimum atomic E-state index is -0.101. The SMILES string of the molecule is CCOC(=O)CN1CCC(NC)CC1. The zero-order chi connectivity index (χ0) is 10.4. The van der Waals surface area contributed by atoms with Crippen molar-refractivity contribution in [1.82, 2.24) is 10.2 Å². The Labute approximate surface area is 85.6 Å². The van der Waals surface area contributed by atoms with Gasteiger partial charge in [0.25, 0.3) is 0 Å². The fourth-order valence-electron chi connectivity index (χ4n) is 1.77. The lowest BCUT2D eigenvalue weighted by Gasteiger charge is -2.30. The molecule has 1 heterocycles. The van der Waals surface area contributed by atoms with Crippen LogP contribution in [0.4, 0.5) is 0 Å². The van der Waals surface area contributed by atoms with Gasteiger partial charge in [-0.1, -0.05) is 0 Å². The molecule has 4 heteroatoms. The summed E-state index contributed by atoms with van der Waals surface area (Å²) in [7, 11) is 1.99. The van der Waals surface area contributed by atoms with E-state index in [2.05, 4.69) is 10.2 Å². The third kappa shape index (κ3) is 3.64. The van der Waals surface area contributed by atoms with Gasteiger partial charge in [0.15, 0.2) is 0 Å². The number of hydrogen-bond acceptors (Lipinski definition) is 4. The molecule has 1 fully saturated rings. The number of nitrogens with zero attached hydrogens (tertiary/aromatic N) is 1. The fourth-order valence-corrected chi connectivity index (χ4v) is 1.77. The first kappa shape index (κ1) is 11.5. The van der Waals surface area contributed by atoms with Crippen LogP contribution in [-0.4, -0.2) is 50.2 Å². The second-order valence-electron chi connectivity index (χ2n) is 3.64. The molecule has 0 atom stereocenters. The first-order valence-corrected chi connectivity index (χ1v) is 5.31. The fraction of sp³-hybridized carbons (Fsp3) is 0.900. The third-order valence-electron chi connectivity index (χ3n) is 2.65. The molecule has 4 nitrogen and oxygen atoms in total. The molecular weight excluding hydrogens is 180 g/mol. The zero-order valence-corrected chi connectivity index (χ0v) is 9.08. The monoisotopic (exact) mass is 200 g/mol. The molecule has 0 aliphatic carbocycles. The van der Waals surface area contributed by atoms with E-state index < -0.39 is 0 Å². The maximum absolute atomic E-state index is 11.2. The highest BCUT2D eigenvalue weighted by molar-refractivity contribution is 5.71. The van der Waals surface area contributed by atoms with Crippen LogP contribution in [0.1, 0.15) is 19.8 Å². The Hall–Kier alpha value is -0.610. The summed E-state index contributed by atoms with van der Waals surface area (Å²) < 4.78 is 4.90. The molecule has 1 N–H and O–H groups in total. The second-order valence-corrected chi connectivity index (χ2v) is 3.64. The Morgan fingerprint density at radius 2 is 2.14 bits per heavy atom. The van der Waals surface area contributed by atoms with E-state index in [-0.39, 0.29) is 5.97 Å². The standard InChI is InChI=1S/C10H20N2O2/c1-3-14-10(13)8-12-6-4-9(11-2)5-7-12/h9,11H,3-8H2,1-2H3. The van der Waals surface area contributed by atoms with Gasteiger partial charge in [-0.3, -0.25) is 9.69 Å². The number of carbonyl (C=O) groups excluding carboxylic acids is 1. The molecule has 1 aliphatic rings. The Morgan fingerprint density at radius 3 is 2.64 bits per heavy atom. The topological polar surface area (TPSA) is 41.6 Å². The number of hydrogen-bond donors (Lipinski definition) is 1. The summed E-state index contributed by atoms with van der Waals surface area (Å²) >= 11 is 0. The summed E-state index contributed by atoms with van der Waals surface area (Å²) in [5.74, 6) is -0.101. The second kappa shape index (κ2) is 5.98. The third-order valence-corrected chi connectivity index (χ3v) is 2.65. The maximum atomic E-state index is 11.2. The van der Waals surface area contributed by atoms with Crippen molar-refractivity contribution in [3.63, 3.8) is 0 Å². The van der Waals surface area contributed by atoms with Crippen LogP contribution in [0.3, 0.4) is 0 Å². The molecule has 14 heavy (non-hydrogen) atoms. The predicted molar refractivity (Wildman–Crippen MR) is 55.2 cm³/mol. The number of ether oxygens (including phenoxy) is 1. The molecule has 1 aliphatic heterocycles. The van der Waals surface area contributed by atoms with Crippen molar-refractivity contribution in [2.45, 2.75) is 25.8 Å². The van der Waals surface area contributed by atoms with Gasteiger partial charge in [-0.15, -0.1) is 0 Å². The first-order valence-electron chi connectivity index (χ1n) is 5.31. The molecule has 0 saturated carbocycles. The van der Waals surface area contributed by atoms with Crippen LogP contribution in [0.2, 0.25) is 0 Å². The Kier molecular flexibility index (Phi) is 4.90. The summed E-state index contributed by atoms with van der Waals surface area (Å²) in [6.45, 7) is 4.75. The first-order chi connectivity index (χ1) is 6.76. The molecule has 82 valence electrons. The summed E-state index contributed by atoms with van der Waals surface area (Å²) in [5, 5.41) is 3.26. The van der Waals surface area contributed by atoms with Gasteiger partial charge < -0.3 is 10.1 Å². The van der Waals surface area contributed by atoms with Crippen LogP contribution in [0, 0.1) is 0 Å². The van der Waals surface area contributed by atoms with Gasteiger partial charge >= 0.3 is 5.97 Å². The number of carbonyl (C=O) groups is 1. The summed E-state index contributed by atoms with van der Waals surface area (Å²) in [4.78, 5) is 13.3. The average Bonchev–Trinajstić information content (AvgIpc) is 2.19. The molecule has 0 amide bonds. The Morgan fingerprint density at radius 1 is 1.50 bits per heavy atom. The lowest BCUT2D eigenvalue weighted by Crippen LogP contribution is -2.43. The van der Waals surface area contributed by atoms with Crippen molar-refractivity contribution in [3.8, 4) is 0 Å². The van der Waals surface area contributed by atoms with E-state index in [0.717, 1.165) is 25.9 Å². The van der Waals surface area contributed by atoms with Crippen LogP contribution < -0.4 is 5.32 Å². The highest BCUT2D eigenvalue weighted by Gasteiger charge is 2.19. The van der Waals surface area contributed by atoms with E-state index in [4.69, 9.17) is 4.74 Å². The molecule has 0 aromatic rings. The van der Waals surface area contributed by atoms with E-state index >= 15 is 0 Å². The van der Waals surface area contributed by atoms with E-state index in [0.29, 0.717) is 19.2 Å². The van der Waals surface area contributed by atoms with Crippen molar-refractivity contribution in [2.24, 2.45) is 0 Å². The van der Waals surface area contributed by atoms with E-state index in [1.165, 1.54) is 0 Å². The molecule has 0 bridgehead atoms. The number of esters is 1. The van der Waals surface area contributed by atoms with Crippen molar-refractivity contribution >= 4 is 5.97 Å². The molecule has 0 aromatic carbocycles. The van der Waals surface area contributed by atoms with Crippen molar-refractivity contribution in [1.29, 1.82) is 0 Å². The van der Waals surface area contributed by atoms with Crippen LogP contribution in [0.25, 0.3) is 0 Å². The minimum Gasteiger partial charge on any atom is -0.465 e. The average molecular weight is 200 g/mol. The van der Waals surface area contributed by atoms with Gasteiger partial charge in [0.05, 0.1) is 13.2 Å². The van der Waals surface area contributed by atoms with Crippen molar-refractivity contribution in [3.05, 3.63) is 0 Å². The molecule has 1 saturated heterocycles. The van der Waals surface area contributed by atoms with Crippen LogP contribution in [-0.2, 0) is 9.53 Å². The summed E-state index contributed by atoms with van der Waals surface area (Å²) in [6.07, 6.45) is 2.24. The summed E-state index contributed by atoms with van der Waals surface area (Å²) in [5.41, 5.74) is 0. The quantitative estimate of drug-likeness (QED) is 0.660. The smallest absolute Gasteiger partial charge is 0.320 e. The van der Waals surface area contributed by atoms with E-state index in [1.807, 2.05) is 14.0 Å². The predicted octanol–water partition coefficient (Wildman–Crippen LogP) is 0.233. The highest BCUT2D eigenvalue weighted by Crippen LogP contribution is 2.09. The lowest BCUT2D eigenvalue weighted by molar-refractivity contribution is -0.144. The molecular formula is C10H20N2O2. The number of rotatable bonds is 4.